The Kier molecular flexibility index (Phi) is 18.2. The van der Waals surface area contributed by atoms with Gasteiger partial charge in [0.25, 0.3) is 23.6 Å². The SMILES string of the molecule is C.CC(C)(C)[Si](C)(C)O[C@@H]1C=C[C@@H](O)C1.COc1ccc2[nH]cc(C3=C(c4c(Cl)[nH]c5ccc(Br)cc45)C(=O)NC3=O)c2c1.COc1ccc2[nH]cc(C3=C(c4c(Cl)n([C@H]5C=C[C@@H](O[Si](C)(C)C(C)(C)C)C5)c5ccc(Br)cc45)C(=O)NC3=O)c2c1. The minimum Gasteiger partial charge on any atom is -0.497 e. The smallest absolute Gasteiger partial charge is 0.259 e. The zero-order valence-corrected chi connectivity index (χ0v) is 56.0. The maximum atomic E-state index is 13.5. The molecule has 4 aliphatic rings. The van der Waals surface area contributed by atoms with Gasteiger partial charge in [-0.2, -0.15) is 0 Å². The maximum Gasteiger partial charge on any atom is 0.259 e. The third kappa shape index (κ3) is 12.2. The topological polar surface area (TPSA) is 202 Å². The number of methoxy groups -OCH3 is 2. The molecule has 0 saturated carbocycles. The molecule has 2 aliphatic carbocycles. The molecule has 4 aromatic carbocycles. The number of rotatable bonds is 11. The highest BCUT2D eigenvalue weighted by Gasteiger charge is 2.43. The monoisotopic (exact) mass is 1360 g/mol. The number of H-pyrrole nitrogens is 3. The van der Waals surface area contributed by atoms with Crippen molar-refractivity contribution in [2.45, 2.75) is 122 Å². The summed E-state index contributed by atoms with van der Waals surface area (Å²) in [6.45, 7) is 22.4. The standard InChI is InChI=1S/C32H33BrClN3O4Si.C21H13BrClN3O3.C11H22O2Si.CH4/c1-32(2,3)42(5,6)41-20-9-8-18(14-20)37-25-12-7-17(33)13-22(25)26(29(37)34)28-27(30(38)36-31(28)39)23-16-35-24-11-10-19(40-4)15-21(23)24;1-29-10-3-5-14-11(7-10)13(8-24-14)17-18(21(28)26-20(17)27)16-12-6-9(22)2-4-15(12)25-19(16)23;1-11(2,3)14(4,5)13-10-7-6-9(12)8-10;/h7-13,15-16,18,20,35H,14H2,1-6H3,(H,36,38,39);2-8,24-25H,1H3,(H,26,27,28);6-7,9-10,12H,8H2,1-5H3;1H4/t18-,20+;;9-,10-;/m0.1./s1. The molecule has 0 spiro atoms. The van der Waals surface area contributed by atoms with Crippen molar-refractivity contribution in [1.82, 2.24) is 30.2 Å². The number of carbonyl (C=O) groups excluding carboxylic acids is 4. The van der Waals surface area contributed by atoms with Crippen LogP contribution in [0.1, 0.15) is 90.1 Å². The summed E-state index contributed by atoms with van der Waals surface area (Å²) >= 11 is 20.8. The number of amides is 4. The van der Waals surface area contributed by atoms with Crippen LogP contribution in [0.2, 0.25) is 46.6 Å². The number of imide groups is 2. The molecular weight excluding hydrogens is 1300 g/mol. The quantitative estimate of drug-likeness (QED) is 0.0414. The highest BCUT2D eigenvalue weighted by atomic mass is 79.9. The van der Waals surface area contributed by atoms with E-state index in [2.05, 4.69) is 142 Å². The van der Waals surface area contributed by atoms with Gasteiger partial charge < -0.3 is 43.0 Å². The molecule has 6 N–H and O–H groups in total. The number of benzene rings is 4. The lowest BCUT2D eigenvalue weighted by Crippen LogP contribution is -2.43. The Morgan fingerprint density at radius 2 is 1.02 bits per heavy atom. The van der Waals surface area contributed by atoms with Gasteiger partial charge in [-0.15, -0.1) is 0 Å². The second-order valence-electron chi connectivity index (χ2n) is 24.7. The Morgan fingerprint density at radius 3 is 1.51 bits per heavy atom. The normalized spacial score (nSPS) is 19.0. The van der Waals surface area contributed by atoms with E-state index in [1.807, 2.05) is 84.9 Å². The van der Waals surface area contributed by atoms with Crippen LogP contribution >= 0.6 is 55.1 Å². The Morgan fingerprint density at radius 1 is 0.570 bits per heavy atom. The average molecular weight is 1370 g/mol. The van der Waals surface area contributed by atoms with Crippen LogP contribution in [0.5, 0.6) is 11.5 Å². The van der Waals surface area contributed by atoms with Crippen molar-refractivity contribution in [1.29, 1.82) is 0 Å². The summed E-state index contributed by atoms with van der Waals surface area (Å²) in [6.07, 6.45) is 12.8. The number of aromatic amines is 3. The molecule has 0 saturated heterocycles. The zero-order valence-electron chi connectivity index (χ0n) is 49.3. The fourth-order valence-corrected chi connectivity index (χ4v) is 14.7. The van der Waals surface area contributed by atoms with Gasteiger partial charge in [-0.05, 0) is 109 Å². The van der Waals surface area contributed by atoms with E-state index in [0.717, 1.165) is 65.4 Å². The van der Waals surface area contributed by atoms with Gasteiger partial charge in [-0.1, -0.05) is 128 Å². The molecule has 0 bridgehead atoms. The number of fused-ring (bicyclic) bond motifs is 4. The van der Waals surface area contributed by atoms with Crippen molar-refractivity contribution in [3.63, 3.8) is 0 Å². The zero-order chi connectivity index (χ0) is 61.4. The van der Waals surface area contributed by atoms with E-state index < -0.39 is 40.3 Å². The van der Waals surface area contributed by atoms with Crippen LogP contribution in [0.3, 0.4) is 0 Å². The van der Waals surface area contributed by atoms with Crippen LogP contribution in [0, 0.1) is 0 Å². The van der Waals surface area contributed by atoms with Crippen LogP contribution in [0.25, 0.3) is 65.9 Å². The van der Waals surface area contributed by atoms with E-state index >= 15 is 0 Å². The minimum atomic E-state index is -1.99. The van der Waals surface area contributed by atoms with Gasteiger partial charge in [0.2, 0.25) is 0 Å². The summed E-state index contributed by atoms with van der Waals surface area (Å²) in [5, 5.41) is 18.4. The fourth-order valence-electron chi connectivity index (χ4n) is 10.7. The number of nitrogens with one attached hydrogen (secondary N) is 5. The first-order valence-electron chi connectivity index (χ1n) is 27.9. The minimum absolute atomic E-state index is 0. The molecule has 0 fully saturated rings. The lowest BCUT2D eigenvalue weighted by atomic mass is 9.95. The maximum absolute atomic E-state index is 13.5. The molecule has 86 heavy (non-hydrogen) atoms. The summed E-state index contributed by atoms with van der Waals surface area (Å²) < 4.78 is 27.3. The Balaban J connectivity index is 0.000000173. The van der Waals surface area contributed by atoms with E-state index in [0.29, 0.717) is 44.1 Å². The Hall–Kier alpha value is -6.27. The van der Waals surface area contributed by atoms with Crippen molar-refractivity contribution in [3.8, 4) is 11.5 Å². The van der Waals surface area contributed by atoms with Crippen molar-refractivity contribution in [2.24, 2.45) is 0 Å². The van der Waals surface area contributed by atoms with Crippen LogP contribution in [-0.4, -0.2) is 97.4 Å². The molecule has 452 valence electrons. The number of aliphatic hydroxyl groups excluding tert-OH is 1. The van der Waals surface area contributed by atoms with Crippen LogP contribution in [0.15, 0.2) is 118 Å². The molecule has 15 nitrogen and oxygen atoms in total. The first-order chi connectivity index (χ1) is 40.0. The molecule has 4 aromatic heterocycles. The predicted octanol–water partition coefficient (Wildman–Crippen LogP) is 16.0. The second-order valence-corrected chi connectivity index (χ2v) is 36.8. The summed E-state index contributed by atoms with van der Waals surface area (Å²) in [7, 11) is -0.479. The van der Waals surface area contributed by atoms with E-state index in [4.69, 9.17) is 41.5 Å². The van der Waals surface area contributed by atoms with Crippen LogP contribution in [0.4, 0.5) is 0 Å². The van der Waals surface area contributed by atoms with Crippen molar-refractivity contribution >= 4 is 161 Å². The number of aliphatic hydroxyl groups is 1. The van der Waals surface area contributed by atoms with Crippen molar-refractivity contribution in [3.05, 3.63) is 151 Å². The highest BCUT2D eigenvalue weighted by Crippen LogP contribution is 2.48. The van der Waals surface area contributed by atoms with Gasteiger partial charge in [-0.3, -0.25) is 29.8 Å². The molecule has 6 heterocycles. The summed E-state index contributed by atoms with van der Waals surface area (Å²) in [4.78, 5) is 62.0. The summed E-state index contributed by atoms with van der Waals surface area (Å²) in [5.41, 5.74) is 6.60. The van der Waals surface area contributed by atoms with E-state index in [9.17, 15) is 24.3 Å². The Labute approximate surface area is 529 Å². The lowest BCUT2D eigenvalue weighted by Gasteiger charge is -2.38. The predicted molar refractivity (Wildman–Crippen MR) is 359 cm³/mol. The van der Waals surface area contributed by atoms with Crippen LogP contribution < -0.4 is 20.1 Å². The molecule has 21 heteroatoms. The molecular formula is C65H72Br2Cl2N6O9Si2. The number of halogens is 4. The van der Waals surface area contributed by atoms with Gasteiger partial charge in [-0.25, -0.2) is 0 Å². The fraction of sp³-hybridized carbons (Fsp3) is 0.323. The molecule has 8 aromatic rings. The number of carbonyl (C=O) groups is 4. The molecule has 4 atom stereocenters. The molecule has 0 radical (unpaired) electrons. The van der Waals surface area contributed by atoms with Gasteiger partial charge in [0, 0.05) is 94.5 Å². The highest BCUT2D eigenvalue weighted by molar-refractivity contribution is 9.10. The summed E-state index contributed by atoms with van der Waals surface area (Å²) in [5.74, 6) is -0.585. The molecule has 2 aliphatic heterocycles. The first kappa shape index (κ1) is 64.2. The number of nitrogens with zero attached hydrogens (tertiary/aromatic N) is 1. The Bertz CT molecular complexity index is 4180. The third-order valence-corrected chi connectivity index (χ3v) is 27.8. The van der Waals surface area contributed by atoms with Crippen molar-refractivity contribution < 1.29 is 42.6 Å². The van der Waals surface area contributed by atoms with E-state index in [1.165, 1.54) is 0 Å². The number of hydrogen-bond acceptors (Lipinski definition) is 9. The van der Waals surface area contributed by atoms with E-state index in [1.54, 1.807) is 26.6 Å². The number of hydrogen-bond donors (Lipinski definition) is 6. The number of allylic oxidation sites excluding steroid dienone is 1. The van der Waals surface area contributed by atoms with Crippen LogP contribution in [-0.2, 0) is 28.0 Å². The van der Waals surface area contributed by atoms with E-state index in [-0.39, 0.29) is 64.1 Å². The number of ether oxygens (including phenoxy) is 2. The van der Waals surface area contributed by atoms with Gasteiger partial charge in [0.1, 0.15) is 21.8 Å². The van der Waals surface area contributed by atoms with Gasteiger partial charge in [0.05, 0.1) is 66.4 Å². The third-order valence-electron chi connectivity index (χ3n) is 17.2. The molecule has 4 amide bonds. The van der Waals surface area contributed by atoms with Gasteiger partial charge >= 0.3 is 0 Å². The second kappa shape index (κ2) is 24.4. The van der Waals surface area contributed by atoms with Crippen molar-refractivity contribution in [2.75, 3.05) is 14.2 Å². The summed E-state index contributed by atoms with van der Waals surface area (Å²) in [6, 6.07) is 22.5. The average Bonchev–Trinajstić information content (AvgIpc) is 2.17. The lowest BCUT2D eigenvalue weighted by molar-refractivity contribution is -0.124. The first-order valence-corrected chi connectivity index (χ1v) is 36.0. The van der Waals surface area contributed by atoms with Gasteiger partial charge in [0.15, 0.2) is 16.6 Å². The largest absolute Gasteiger partial charge is 0.497 e. The molecule has 0 unspecified atom stereocenters. The number of aromatic nitrogens is 4. The molecule has 12 rings (SSSR count).